The summed E-state index contributed by atoms with van der Waals surface area (Å²) in [6, 6.07) is 0. The SMILES string of the molecule is O=P12O[C@@]3(O)[C@](O)(O1)[C@](O)(O2)[C@@H](O)[C@@H](O)[C@]3(O)[C@]1(O)O[C@H](CO)[C@@H](O)[C@H](O)[C@@H]1O. The average molecular weight is 450 g/mol. The minimum atomic E-state index is -5.14. The van der Waals surface area contributed by atoms with Gasteiger partial charge in [0.25, 0.3) is 17.4 Å². The zero-order valence-electron chi connectivity index (χ0n) is 14.1. The topological polar surface area (TPSA) is 277 Å². The quantitative estimate of drug-likeness (QED) is 0.174. The van der Waals surface area contributed by atoms with Crippen LogP contribution < -0.4 is 0 Å². The Balaban J connectivity index is 1.94. The lowest BCUT2D eigenvalue weighted by Gasteiger charge is -2.63. The summed E-state index contributed by atoms with van der Waals surface area (Å²) in [5.41, 5.74) is -4.05. The summed E-state index contributed by atoms with van der Waals surface area (Å²) in [5, 5.41) is 114. The van der Waals surface area contributed by atoms with E-state index in [2.05, 4.69) is 13.6 Å². The molecule has 0 radical (unpaired) electrons. The number of hydrogen-bond acceptors (Lipinski definition) is 16. The molecule has 4 aliphatic rings. The van der Waals surface area contributed by atoms with Crippen LogP contribution in [0.25, 0.3) is 0 Å². The maximum absolute atomic E-state index is 12.3. The van der Waals surface area contributed by atoms with Crippen molar-refractivity contribution in [2.24, 2.45) is 0 Å². The van der Waals surface area contributed by atoms with Crippen LogP contribution in [0, 0.1) is 0 Å². The van der Waals surface area contributed by atoms with Crippen LogP contribution in [0.15, 0.2) is 0 Å². The summed E-state index contributed by atoms with van der Waals surface area (Å²) in [5.74, 6) is -15.3. The maximum Gasteiger partial charge on any atom is 0.483 e. The average Bonchev–Trinajstić information content (AvgIpc) is 3.00. The Kier molecular flexibility index (Phi) is 4.29. The molecule has 29 heavy (non-hydrogen) atoms. The summed E-state index contributed by atoms with van der Waals surface area (Å²) in [7, 11) is -5.14. The fourth-order valence-corrected chi connectivity index (χ4v) is 6.04. The lowest BCUT2D eigenvalue weighted by molar-refractivity contribution is -0.536. The van der Waals surface area contributed by atoms with Crippen molar-refractivity contribution in [1.29, 1.82) is 0 Å². The fourth-order valence-electron chi connectivity index (χ4n) is 4.19. The molecule has 0 spiro atoms. The number of ether oxygens (including phenoxy) is 1. The summed E-state index contributed by atoms with van der Waals surface area (Å²) in [6.45, 7) is -1.15. The molecule has 17 heteroatoms. The molecule has 4 rings (SSSR count). The molecule has 4 fully saturated rings. The van der Waals surface area contributed by atoms with Gasteiger partial charge in [0.2, 0.25) is 11.4 Å². The third-order valence-electron chi connectivity index (χ3n) is 5.84. The summed E-state index contributed by atoms with van der Waals surface area (Å²) in [4.78, 5) is 0. The van der Waals surface area contributed by atoms with Crippen molar-refractivity contribution in [1.82, 2.24) is 0 Å². The number of hydrogen-bond donors (Lipinski definition) is 11. The van der Waals surface area contributed by atoms with Crippen LogP contribution in [0.5, 0.6) is 0 Å². The number of phosphoric ester groups is 1. The van der Waals surface area contributed by atoms with Crippen LogP contribution in [0.1, 0.15) is 0 Å². The van der Waals surface area contributed by atoms with Gasteiger partial charge in [0.05, 0.1) is 6.61 Å². The standard InChI is InChI=1S/C12H19O16P/c13-1-2-3(14)4(15)5(16)9(20,25-2)8(19)6(17)7(18)10(21)12(23)11(8,22)27-29(24,26-10)28-12/h2-7,13-23H,1H2/t2-,3-,4+,5+,6-,7+,8+,9-,10-,11-,12-,29?/m1/s1. The summed E-state index contributed by atoms with van der Waals surface area (Å²) in [6.07, 6.45) is -15.1. The second-order valence-electron chi connectivity index (χ2n) is 7.32. The molecular formula is C12H19O16P. The van der Waals surface area contributed by atoms with Crippen molar-refractivity contribution in [3.05, 3.63) is 0 Å². The number of rotatable bonds is 2. The number of phosphoric acid groups is 1. The van der Waals surface area contributed by atoms with E-state index in [4.69, 9.17) is 4.74 Å². The van der Waals surface area contributed by atoms with Gasteiger partial charge in [-0.3, -0.25) is 0 Å². The molecule has 3 saturated heterocycles. The van der Waals surface area contributed by atoms with Gasteiger partial charge >= 0.3 is 7.82 Å². The highest BCUT2D eigenvalue weighted by Crippen LogP contribution is 2.79. The molecule has 0 amide bonds. The van der Waals surface area contributed by atoms with Gasteiger partial charge in [-0.05, 0) is 0 Å². The third-order valence-corrected chi connectivity index (χ3v) is 7.32. The van der Waals surface area contributed by atoms with Crippen molar-refractivity contribution >= 4 is 7.82 Å². The Labute approximate surface area is 159 Å². The molecule has 1 unspecified atom stereocenters. The fraction of sp³-hybridized carbons (Fsp3) is 1.00. The van der Waals surface area contributed by atoms with Crippen molar-refractivity contribution in [2.45, 2.75) is 65.4 Å². The van der Waals surface area contributed by atoms with Crippen molar-refractivity contribution in [3.8, 4) is 0 Å². The molecule has 16 nitrogen and oxygen atoms in total. The minimum Gasteiger partial charge on any atom is -0.394 e. The molecule has 0 aromatic rings. The Morgan fingerprint density at radius 2 is 1.28 bits per heavy atom. The first kappa shape index (κ1) is 21.8. The molecule has 2 bridgehead atoms. The van der Waals surface area contributed by atoms with E-state index < -0.39 is 79.8 Å². The predicted octanol–water partition coefficient (Wildman–Crippen LogP) is -7.13. The molecule has 1 saturated carbocycles. The van der Waals surface area contributed by atoms with E-state index in [9.17, 15) is 60.7 Å². The van der Waals surface area contributed by atoms with Gasteiger partial charge < -0.3 is 60.9 Å². The van der Waals surface area contributed by atoms with Crippen molar-refractivity contribution < 1.29 is 79.0 Å². The van der Waals surface area contributed by atoms with Crippen LogP contribution in [0.2, 0.25) is 0 Å². The monoisotopic (exact) mass is 450 g/mol. The van der Waals surface area contributed by atoms with Gasteiger partial charge in [-0.15, -0.1) is 0 Å². The Morgan fingerprint density at radius 1 is 0.724 bits per heavy atom. The highest BCUT2D eigenvalue weighted by molar-refractivity contribution is 7.49. The van der Waals surface area contributed by atoms with Crippen molar-refractivity contribution in [2.75, 3.05) is 6.61 Å². The lowest BCUT2D eigenvalue weighted by atomic mass is 9.62. The van der Waals surface area contributed by atoms with E-state index >= 15 is 0 Å². The number of aliphatic hydroxyl groups excluding tert-OH is 6. The lowest BCUT2D eigenvalue weighted by Crippen LogP contribution is -2.93. The maximum atomic E-state index is 12.3. The van der Waals surface area contributed by atoms with Crippen LogP contribution in [0.4, 0.5) is 0 Å². The van der Waals surface area contributed by atoms with E-state index in [1.165, 1.54) is 0 Å². The van der Waals surface area contributed by atoms with E-state index in [-0.39, 0.29) is 0 Å². The van der Waals surface area contributed by atoms with Gasteiger partial charge in [-0.25, -0.2) is 18.1 Å². The van der Waals surface area contributed by atoms with Crippen molar-refractivity contribution in [3.63, 3.8) is 0 Å². The Bertz CT molecular complexity index is 779. The van der Waals surface area contributed by atoms with Gasteiger partial charge in [-0.2, -0.15) is 0 Å². The molecule has 3 aliphatic heterocycles. The van der Waals surface area contributed by atoms with E-state index in [1.807, 2.05) is 0 Å². The summed E-state index contributed by atoms with van der Waals surface area (Å²) < 4.78 is 30.5. The first-order chi connectivity index (χ1) is 13.1. The van der Waals surface area contributed by atoms with Gasteiger partial charge in [0.15, 0.2) is 0 Å². The second kappa shape index (κ2) is 5.70. The molecule has 0 aromatic carbocycles. The van der Waals surface area contributed by atoms with Crippen LogP contribution >= 0.6 is 7.82 Å². The summed E-state index contributed by atoms with van der Waals surface area (Å²) >= 11 is 0. The minimum absolute atomic E-state index is 1.15. The Morgan fingerprint density at radius 3 is 1.79 bits per heavy atom. The molecule has 3 heterocycles. The first-order valence-electron chi connectivity index (χ1n) is 8.12. The van der Waals surface area contributed by atoms with Gasteiger partial charge in [0, 0.05) is 0 Å². The second-order valence-corrected chi connectivity index (χ2v) is 8.77. The molecular weight excluding hydrogens is 431 g/mol. The highest BCUT2D eigenvalue weighted by atomic mass is 31.2. The van der Waals surface area contributed by atoms with E-state index in [0.717, 1.165) is 0 Å². The zero-order valence-corrected chi connectivity index (χ0v) is 15.0. The predicted molar refractivity (Wildman–Crippen MR) is 77.6 cm³/mol. The highest BCUT2D eigenvalue weighted by Gasteiger charge is 2.97. The van der Waals surface area contributed by atoms with E-state index in [1.54, 1.807) is 0 Å². The first-order valence-corrected chi connectivity index (χ1v) is 9.58. The molecule has 12 atom stereocenters. The van der Waals surface area contributed by atoms with Gasteiger partial charge in [0.1, 0.15) is 36.6 Å². The largest absolute Gasteiger partial charge is 0.483 e. The molecule has 1 aliphatic carbocycles. The Hall–Kier alpha value is -0.370. The van der Waals surface area contributed by atoms with E-state index in [0.29, 0.717) is 0 Å². The molecule has 11 N–H and O–H groups in total. The van der Waals surface area contributed by atoms with Gasteiger partial charge in [-0.1, -0.05) is 0 Å². The number of fused-ring (bicyclic) bond motifs is 1. The molecule has 168 valence electrons. The number of aliphatic hydroxyl groups is 11. The zero-order chi connectivity index (χ0) is 22.0. The van der Waals surface area contributed by atoms with Crippen LogP contribution in [-0.4, -0.2) is 128 Å². The van der Waals surface area contributed by atoms with Crippen LogP contribution in [0.3, 0.4) is 0 Å². The smallest absolute Gasteiger partial charge is 0.394 e. The van der Waals surface area contributed by atoms with Crippen LogP contribution in [-0.2, 0) is 22.9 Å². The normalized spacial score (nSPS) is 67.0. The molecule has 0 aromatic heterocycles. The third kappa shape index (κ3) is 2.03.